The third-order valence-corrected chi connectivity index (χ3v) is 4.21. The van der Waals surface area contributed by atoms with Crippen molar-refractivity contribution in [1.82, 2.24) is 15.4 Å². The number of hydrogen-bond acceptors (Lipinski definition) is 4. The standard InChI is InChI=1S/C18H21N3O3/c22-17(12-15-9-11-24-20-15)19-16-8-10-21(13-16)18(23)7-6-14-4-2-1-3-5-14/h1-5,9,11,16H,6-8,10,12-13H2,(H,19,22)/t16-/m0/s1. The summed E-state index contributed by atoms with van der Waals surface area (Å²) < 4.78 is 4.71. The number of aromatic nitrogens is 1. The van der Waals surface area contributed by atoms with Crippen LogP contribution in [0.5, 0.6) is 0 Å². The Labute approximate surface area is 140 Å². The summed E-state index contributed by atoms with van der Waals surface area (Å²) in [7, 11) is 0. The lowest BCUT2D eigenvalue weighted by molar-refractivity contribution is -0.130. The summed E-state index contributed by atoms with van der Waals surface area (Å²) in [5, 5.41) is 6.69. The predicted octanol–water partition coefficient (Wildman–Crippen LogP) is 1.57. The average Bonchev–Trinajstić information content (AvgIpc) is 3.25. The van der Waals surface area contributed by atoms with Gasteiger partial charge in [0.15, 0.2) is 0 Å². The zero-order valence-electron chi connectivity index (χ0n) is 13.5. The van der Waals surface area contributed by atoms with Gasteiger partial charge in [0.1, 0.15) is 6.26 Å². The first-order valence-corrected chi connectivity index (χ1v) is 8.21. The highest BCUT2D eigenvalue weighted by molar-refractivity contribution is 5.79. The maximum atomic E-state index is 12.3. The molecule has 24 heavy (non-hydrogen) atoms. The van der Waals surface area contributed by atoms with E-state index in [0.717, 1.165) is 12.8 Å². The number of carbonyl (C=O) groups is 2. The third-order valence-electron chi connectivity index (χ3n) is 4.21. The summed E-state index contributed by atoms with van der Waals surface area (Å²) in [6, 6.07) is 11.7. The topological polar surface area (TPSA) is 75.4 Å². The van der Waals surface area contributed by atoms with E-state index >= 15 is 0 Å². The van der Waals surface area contributed by atoms with Gasteiger partial charge in [-0.1, -0.05) is 35.5 Å². The van der Waals surface area contributed by atoms with Crippen LogP contribution in [-0.2, 0) is 22.4 Å². The zero-order valence-corrected chi connectivity index (χ0v) is 13.5. The van der Waals surface area contributed by atoms with Gasteiger partial charge in [0, 0.05) is 31.6 Å². The van der Waals surface area contributed by atoms with Crippen LogP contribution in [0.25, 0.3) is 0 Å². The molecule has 0 bridgehead atoms. The van der Waals surface area contributed by atoms with Gasteiger partial charge in [-0.25, -0.2) is 0 Å². The highest BCUT2D eigenvalue weighted by atomic mass is 16.5. The van der Waals surface area contributed by atoms with Crippen molar-refractivity contribution in [3.8, 4) is 0 Å². The second-order valence-corrected chi connectivity index (χ2v) is 6.05. The number of likely N-dealkylation sites (tertiary alicyclic amines) is 1. The van der Waals surface area contributed by atoms with E-state index in [9.17, 15) is 9.59 Å². The first kappa shape index (κ1) is 16.2. The monoisotopic (exact) mass is 327 g/mol. The minimum absolute atomic E-state index is 0.0186. The van der Waals surface area contributed by atoms with Gasteiger partial charge < -0.3 is 14.7 Å². The third kappa shape index (κ3) is 4.44. The second kappa shape index (κ2) is 7.77. The lowest BCUT2D eigenvalue weighted by Crippen LogP contribution is -2.39. The van der Waals surface area contributed by atoms with Gasteiger partial charge >= 0.3 is 0 Å². The number of carbonyl (C=O) groups excluding carboxylic acids is 2. The zero-order chi connectivity index (χ0) is 16.8. The molecule has 2 aromatic rings. The SMILES string of the molecule is O=C(Cc1ccon1)N[C@H]1CCN(C(=O)CCc2ccccc2)C1. The van der Waals surface area contributed by atoms with Crippen LogP contribution in [0.2, 0.25) is 0 Å². The molecule has 0 radical (unpaired) electrons. The molecule has 0 aliphatic carbocycles. The van der Waals surface area contributed by atoms with E-state index in [2.05, 4.69) is 10.5 Å². The minimum Gasteiger partial charge on any atom is -0.364 e. The molecule has 2 amide bonds. The normalized spacial score (nSPS) is 17.0. The molecule has 3 rings (SSSR count). The van der Waals surface area contributed by atoms with E-state index in [1.165, 1.54) is 11.8 Å². The Bertz CT molecular complexity index is 670. The molecular formula is C18H21N3O3. The van der Waals surface area contributed by atoms with E-state index in [1.54, 1.807) is 6.07 Å². The number of amides is 2. The van der Waals surface area contributed by atoms with Gasteiger partial charge in [0.25, 0.3) is 0 Å². The Kier molecular flexibility index (Phi) is 5.25. The summed E-state index contributed by atoms with van der Waals surface area (Å²) in [4.78, 5) is 26.1. The van der Waals surface area contributed by atoms with E-state index in [-0.39, 0.29) is 24.3 Å². The molecule has 0 saturated carbocycles. The van der Waals surface area contributed by atoms with Crippen molar-refractivity contribution in [3.63, 3.8) is 0 Å². The fourth-order valence-corrected chi connectivity index (χ4v) is 2.93. The molecule has 126 valence electrons. The maximum Gasteiger partial charge on any atom is 0.226 e. The van der Waals surface area contributed by atoms with E-state index in [1.807, 2.05) is 35.2 Å². The molecule has 1 N–H and O–H groups in total. The average molecular weight is 327 g/mol. The maximum absolute atomic E-state index is 12.3. The number of benzene rings is 1. The quantitative estimate of drug-likeness (QED) is 0.874. The summed E-state index contributed by atoms with van der Waals surface area (Å²) in [5.41, 5.74) is 1.78. The number of nitrogens with one attached hydrogen (secondary N) is 1. The predicted molar refractivity (Wildman–Crippen MR) is 88.1 cm³/mol. The van der Waals surface area contributed by atoms with Crippen LogP contribution in [-0.4, -0.2) is 41.0 Å². The number of aryl methyl sites for hydroxylation is 1. The molecule has 0 unspecified atom stereocenters. The first-order chi connectivity index (χ1) is 11.7. The smallest absolute Gasteiger partial charge is 0.226 e. The summed E-state index contributed by atoms with van der Waals surface area (Å²) in [6.45, 7) is 1.28. The fourth-order valence-electron chi connectivity index (χ4n) is 2.93. The van der Waals surface area contributed by atoms with Crippen LogP contribution in [0.3, 0.4) is 0 Å². The highest BCUT2D eigenvalue weighted by Gasteiger charge is 2.27. The van der Waals surface area contributed by atoms with Crippen LogP contribution in [0.4, 0.5) is 0 Å². The first-order valence-electron chi connectivity index (χ1n) is 8.21. The van der Waals surface area contributed by atoms with Gasteiger partial charge in [-0.2, -0.15) is 0 Å². The Balaban J connectivity index is 1.41. The largest absolute Gasteiger partial charge is 0.364 e. The van der Waals surface area contributed by atoms with Gasteiger partial charge in [0.05, 0.1) is 12.1 Å². The van der Waals surface area contributed by atoms with E-state index in [0.29, 0.717) is 25.2 Å². The number of hydrogen-bond donors (Lipinski definition) is 1. The van der Waals surface area contributed by atoms with Crippen molar-refractivity contribution < 1.29 is 14.1 Å². The van der Waals surface area contributed by atoms with E-state index < -0.39 is 0 Å². The second-order valence-electron chi connectivity index (χ2n) is 6.05. The number of nitrogens with zero attached hydrogens (tertiary/aromatic N) is 2. The van der Waals surface area contributed by atoms with Crippen molar-refractivity contribution in [2.75, 3.05) is 13.1 Å². The Hall–Kier alpha value is -2.63. The number of rotatable bonds is 6. The van der Waals surface area contributed by atoms with Crippen molar-refractivity contribution in [3.05, 3.63) is 53.9 Å². The Morgan fingerprint density at radius 1 is 1.25 bits per heavy atom. The summed E-state index contributed by atoms with van der Waals surface area (Å²) in [5.74, 6) is 0.0552. The minimum atomic E-state index is -0.0903. The van der Waals surface area contributed by atoms with Crippen molar-refractivity contribution in [1.29, 1.82) is 0 Å². The molecule has 1 atom stereocenters. The molecule has 1 aliphatic rings. The van der Waals surface area contributed by atoms with Crippen LogP contribution in [0.1, 0.15) is 24.1 Å². The van der Waals surface area contributed by atoms with Gasteiger partial charge in [0.2, 0.25) is 11.8 Å². The molecular weight excluding hydrogens is 306 g/mol. The van der Waals surface area contributed by atoms with Gasteiger partial charge in [-0.3, -0.25) is 9.59 Å². The lowest BCUT2D eigenvalue weighted by Gasteiger charge is -2.17. The molecule has 6 heteroatoms. The lowest BCUT2D eigenvalue weighted by atomic mass is 10.1. The van der Waals surface area contributed by atoms with Crippen LogP contribution < -0.4 is 5.32 Å². The molecule has 0 spiro atoms. The molecule has 6 nitrogen and oxygen atoms in total. The Morgan fingerprint density at radius 2 is 2.08 bits per heavy atom. The van der Waals surface area contributed by atoms with E-state index in [4.69, 9.17) is 4.52 Å². The highest BCUT2D eigenvalue weighted by Crippen LogP contribution is 2.13. The van der Waals surface area contributed by atoms with Crippen LogP contribution in [0.15, 0.2) is 47.2 Å². The van der Waals surface area contributed by atoms with Crippen molar-refractivity contribution in [2.24, 2.45) is 0 Å². The van der Waals surface area contributed by atoms with Crippen LogP contribution >= 0.6 is 0 Å². The molecule has 1 fully saturated rings. The molecule has 1 aromatic carbocycles. The van der Waals surface area contributed by atoms with Crippen LogP contribution in [0, 0.1) is 0 Å². The summed E-state index contributed by atoms with van der Waals surface area (Å²) >= 11 is 0. The van der Waals surface area contributed by atoms with Gasteiger partial charge in [-0.05, 0) is 18.4 Å². The van der Waals surface area contributed by atoms with Crippen molar-refractivity contribution >= 4 is 11.8 Å². The fraction of sp³-hybridized carbons (Fsp3) is 0.389. The van der Waals surface area contributed by atoms with Gasteiger partial charge in [-0.15, -0.1) is 0 Å². The molecule has 1 aliphatic heterocycles. The van der Waals surface area contributed by atoms with Crippen molar-refractivity contribution in [2.45, 2.75) is 31.7 Å². The Morgan fingerprint density at radius 3 is 2.83 bits per heavy atom. The molecule has 1 saturated heterocycles. The molecule has 1 aromatic heterocycles. The summed E-state index contributed by atoms with van der Waals surface area (Å²) in [6.07, 6.45) is 3.70. The molecule has 2 heterocycles.